The molecule has 4 heteroatoms. The lowest BCUT2D eigenvalue weighted by Gasteiger charge is -2.32. The van der Waals surface area contributed by atoms with Gasteiger partial charge >= 0.3 is 0 Å². The molecule has 100 valence electrons. The summed E-state index contributed by atoms with van der Waals surface area (Å²) in [5.41, 5.74) is 0. The monoisotopic (exact) mass is 240 g/mol. The molecular formula is C13H28N4. The van der Waals surface area contributed by atoms with Crippen LogP contribution < -0.4 is 10.6 Å². The van der Waals surface area contributed by atoms with Crippen LogP contribution >= 0.6 is 0 Å². The Bertz CT molecular complexity index is 219. The van der Waals surface area contributed by atoms with E-state index in [0.717, 1.165) is 38.2 Å². The first-order valence-corrected chi connectivity index (χ1v) is 7.04. The Morgan fingerprint density at radius 2 is 1.94 bits per heavy atom. The molecule has 0 aliphatic carbocycles. The Labute approximate surface area is 106 Å². The Morgan fingerprint density at radius 3 is 2.53 bits per heavy atom. The van der Waals surface area contributed by atoms with Gasteiger partial charge in [0.15, 0.2) is 5.96 Å². The number of aliphatic imine (C=N–C) groups is 1. The van der Waals surface area contributed by atoms with Crippen LogP contribution in [0.5, 0.6) is 0 Å². The Kier molecular flexibility index (Phi) is 7.01. The molecule has 1 heterocycles. The average molecular weight is 240 g/mol. The fourth-order valence-electron chi connectivity index (χ4n) is 2.29. The van der Waals surface area contributed by atoms with Gasteiger partial charge in [0.2, 0.25) is 0 Å². The van der Waals surface area contributed by atoms with Crippen LogP contribution in [0.2, 0.25) is 0 Å². The number of nitrogens with one attached hydrogen (secondary N) is 2. The molecule has 1 atom stereocenters. The van der Waals surface area contributed by atoms with Crippen molar-refractivity contribution in [2.75, 3.05) is 32.7 Å². The van der Waals surface area contributed by atoms with Crippen LogP contribution in [-0.4, -0.2) is 49.6 Å². The minimum atomic E-state index is 0.737. The van der Waals surface area contributed by atoms with Crippen LogP contribution in [0.4, 0.5) is 0 Å². The van der Waals surface area contributed by atoms with E-state index in [1.54, 1.807) is 0 Å². The number of piperidine rings is 1. The third-order valence-electron chi connectivity index (χ3n) is 3.29. The van der Waals surface area contributed by atoms with Gasteiger partial charge in [-0.1, -0.05) is 6.42 Å². The van der Waals surface area contributed by atoms with Crippen molar-refractivity contribution in [3.8, 4) is 0 Å². The smallest absolute Gasteiger partial charge is 0.191 e. The number of hydrogen-bond donors (Lipinski definition) is 2. The molecule has 0 bridgehead atoms. The molecule has 0 saturated carbocycles. The molecule has 17 heavy (non-hydrogen) atoms. The second-order valence-electron chi connectivity index (χ2n) is 4.67. The van der Waals surface area contributed by atoms with Gasteiger partial charge < -0.3 is 10.6 Å². The maximum absolute atomic E-state index is 4.58. The summed E-state index contributed by atoms with van der Waals surface area (Å²) in [4.78, 5) is 7.14. The third kappa shape index (κ3) is 5.39. The third-order valence-corrected chi connectivity index (χ3v) is 3.29. The van der Waals surface area contributed by atoms with Crippen molar-refractivity contribution in [2.24, 2.45) is 4.99 Å². The predicted octanol–water partition coefficient (Wildman–Crippen LogP) is 1.44. The molecule has 1 unspecified atom stereocenters. The first-order valence-electron chi connectivity index (χ1n) is 7.04. The van der Waals surface area contributed by atoms with Crippen molar-refractivity contribution < 1.29 is 0 Å². The highest BCUT2D eigenvalue weighted by Gasteiger charge is 2.16. The van der Waals surface area contributed by atoms with Gasteiger partial charge in [0, 0.05) is 25.7 Å². The minimum absolute atomic E-state index is 0.737. The normalized spacial score (nSPS) is 21.0. The molecule has 2 N–H and O–H groups in total. The maximum Gasteiger partial charge on any atom is 0.191 e. The Hall–Kier alpha value is -0.770. The van der Waals surface area contributed by atoms with Crippen LogP contribution in [0.3, 0.4) is 0 Å². The summed E-state index contributed by atoms with van der Waals surface area (Å²) >= 11 is 0. The van der Waals surface area contributed by atoms with Crippen molar-refractivity contribution in [3.63, 3.8) is 0 Å². The second kappa shape index (κ2) is 8.34. The van der Waals surface area contributed by atoms with E-state index in [-0.39, 0.29) is 0 Å². The molecule has 0 amide bonds. The molecule has 1 aliphatic heterocycles. The van der Waals surface area contributed by atoms with Gasteiger partial charge in [-0.25, -0.2) is 0 Å². The molecule has 0 radical (unpaired) electrons. The number of rotatable bonds is 5. The van der Waals surface area contributed by atoms with Gasteiger partial charge in [0.25, 0.3) is 0 Å². The van der Waals surface area contributed by atoms with Crippen molar-refractivity contribution in [2.45, 2.75) is 46.1 Å². The van der Waals surface area contributed by atoms with E-state index in [2.05, 4.69) is 41.3 Å². The summed E-state index contributed by atoms with van der Waals surface area (Å²) in [5.74, 6) is 0.944. The zero-order valence-corrected chi connectivity index (χ0v) is 11.6. The molecule has 1 saturated heterocycles. The second-order valence-corrected chi connectivity index (χ2v) is 4.67. The highest BCUT2D eigenvalue weighted by Crippen LogP contribution is 2.15. The molecule has 1 aliphatic rings. The van der Waals surface area contributed by atoms with Crippen LogP contribution in [0.25, 0.3) is 0 Å². The van der Waals surface area contributed by atoms with Crippen molar-refractivity contribution in [1.29, 1.82) is 0 Å². The molecular weight excluding hydrogens is 212 g/mol. The van der Waals surface area contributed by atoms with E-state index < -0.39 is 0 Å². The van der Waals surface area contributed by atoms with E-state index in [4.69, 9.17) is 0 Å². The van der Waals surface area contributed by atoms with E-state index >= 15 is 0 Å². The SMILES string of the molecule is CCNC(=NCCN1CCCCC1C)NCC. The predicted molar refractivity (Wildman–Crippen MR) is 74.5 cm³/mol. The summed E-state index contributed by atoms with van der Waals surface area (Å²) in [6, 6.07) is 0.737. The summed E-state index contributed by atoms with van der Waals surface area (Å²) in [6.07, 6.45) is 4.08. The van der Waals surface area contributed by atoms with Crippen LogP contribution in [0.1, 0.15) is 40.0 Å². The van der Waals surface area contributed by atoms with Crippen LogP contribution in [0.15, 0.2) is 4.99 Å². The fraction of sp³-hybridized carbons (Fsp3) is 0.923. The van der Waals surface area contributed by atoms with Gasteiger partial charge in [0.05, 0.1) is 6.54 Å². The van der Waals surface area contributed by atoms with Crippen LogP contribution in [0, 0.1) is 0 Å². The van der Waals surface area contributed by atoms with Gasteiger partial charge in [-0.3, -0.25) is 9.89 Å². The fourth-order valence-corrected chi connectivity index (χ4v) is 2.29. The lowest BCUT2D eigenvalue weighted by atomic mass is 10.0. The number of nitrogens with zero attached hydrogens (tertiary/aromatic N) is 2. The highest BCUT2D eigenvalue weighted by molar-refractivity contribution is 5.79. The molecule has 0 spiro atoms. The largest absolute Gasteiger partial charge is 0.357 e. The van der Waals surface area contributed by atoms with Crippen molar-refractivity contribution >= 4 is 5.96 Å². The minimum Gasteiger partial charge on any atom is -0.357 e. The van der Waals surface area contributed by atoms with Gasteiger partial charge in [0.1, 0.15) is 0 Å². The molecule has 1 fully saturated rings. The number of guanidine groups is 1. The quantitative estimate of drug-likeness (QED) is 0.564. The van der Waals surface area contributed by atoms with Crippen LogP contribution in [-0.2, 0) is 0 Å². The summed E-state index contributed by atoms with van der Waals surface area (Å²) in [5, 5.41) is 6.51. The van der Waals surface area contributed by atoms with Gasteiger partial charge in [-0.15, -0.1) is 0 Å². The molecule has 0 aromatic carbocycles. The summed E-state index contributed by atoms with van der Waals surface area (Å²) in [7, 11) is 0. The van der Waals surface area contributed by atoms with Crippen molar-refractivity contribution in [3.05, 3.63) is 0 Å². The van der Waals surface area contributed by atoms with E-state index in [9.17, 15) is 0 Å². The zero-order chi connectivity index (χ0) is 12.5. The Balaban J connectivity index is 2.29. The molecule has 4 nitrogen and oxygen atoms in total. The molecule has 1 rings (SSSR count). The highest BCUT2D eigenvalue weighted by atomic mass is 15.2. The maximum atomic E-state index is 4.58. The van der Waals surface area contributed by atoms with Crippen molar-refractivity contribution in [1.82, 2.24) is 15.5 Å². The standard InChI is InChI=1S/C13H28N4/c1-4-14-13(15-5-2)16-9-11-17-10-7-6-8-12(17)3/h12H,4-11H2,1-3H3,(H2,14,15,16). The van der Waals surface area contributed by atoms with Gasteiger partial charge in [-0.05, 0) is 40.2 Å². The lowest BCUT2D eigenvalue weighted by molar-refractivity contribution is 0.166. The summed E-state index contributed by atoms with van der Waals surface area (Å²) < 4.78 is 0. The average Bonchev–Trinajstić information content (AvgIpc) is 2.32. The lowest BCUT2D eigenvalue weighted by Crippen LogP contribution is -2.40. The first kappa shape index (κ1) is 14.3. The first-order chi connectivity index (χ1) is 8.27. The number of hydrogen-bond acceptors (Lipinski definition) is 2. The van der Waals surface area contributed by atoms with E-state index in [0.29, 0.717) is 0 Å². The topological polar surface area (TPSA) is 39.7 Å². The van der Waals surface area contributed by atoms with Gasteiger partial charge in [-0.2, -0.15) is 0 Å². The van der Waals surface area contributed by atoms with E-state index in [1.807, 2.05) is 0 Å². The molecule has 0 aromatic rings. The zero-order valence-electron chi connectivity index (χ0n) is 11.6. The number of likely N-dealkylation sites (tertiary alicyclic amines) is 1. The Morgan fingerprint density at radius 1 is 1.24 bits per heavy atom. The van der Waals surface area contributed by atoms with E-state index in [1.165, 1.54) is 25.8 Å². The summed E-state index contributed by atoms with van der Waals surface area (Å²) in [6.45, 7) is 11.6. The molecule has 0 aromatic heterocycles.